The summed E-state index contributed by atoms with van der Waals surface area (Å²) in [6, 6.07) is 8.82. The smallest absolute Gasteiger partial charge is 0.410 e. The van der Waals surface area contributed by atoms with Crippen LogP contribution in [0.2, 0.25) is 5.02 Å². The molecule has 1 aromatic carbocycles. The Morgan fingerprint density at radius 3 is 2.31 bits per heavy atom. The number of carbonyl (C=O) groups excluding carboxylic acids is 1. The van der Waals surface area contributed by atoms with Gasteiger partial charge in [0.2, 0.25) is 0 Å². The number of carbonyl (C=O) groups is 1. The molecule has 7 heteroatoms. The number of aromatic nitrogens is 1. The first kappa shape index (κ1) is 26.0. The van der Waals surface area contributed by atoms with Crippen LogP contribution in [0.5, 0.6) is 0 Å². The second-order valence-electron chi connectivity index (χ2n) is 11.6. The van der Waals surface area contributed by atoms with Crippen molar-refractivity contribution in [2.75, 3.05) is 26.2 Å². The molecule has 2 fully saturated rings. The molecule has 5 nitrogen and oxygen atoms in total. The zero-order valence-corrected chi connectivity index (χ0v) is 23.9. The lowest BCUT2D eigenvalue weighted by molar-refractivity contribution is 0.0129. The van der Waals surface area contributed by atoms with E-state index in [2.05, 4.69) is 39.0 Å². The van der Waals surface area contributed by atoms with Gasteiger partial charge in [0.15, 0.2) is 0 Å². The fraction of sp³-hybridized carbons (Fsp3) is 0.586. The summed E-state index contributed by atoms with van der Waals surface area (Å²) in [5.74, 6) is 1.40. The molecule has 5 rings (SSSR count). The molecular formula is C29H37BrClN3O2. The number of nitrogens with zero attached hydrogens (tertiary/aromatic N) is 3. The molecule has 2 saturated heterocycles. The van der Waals surface area contributed by atoms with Crippen LogP contribution in [0.3, 0.4) is 0 Å². The van der Waals surface area contributed by atoms with Gasteiger partial charge in [-0.15, -0.1) is 0 Å². The SMILES string of the molecule is CC(C)(C)OC(=O)N1CCC(C2CCN([C@@H]3c4ccc(Cl)cc4CCc4cc(Br)cnc43)CC2)CC1. The molecule has 1 aromatic heterocycles. The molecule has 36 heavy (non-hydrogen) atoms. The largest absolute Gasteiger partial charge is 0.444 e. The van der Waals surface area contributed by atoms with Gasteiger partial charge >= 0.3 is 6.09 Å². The molecule has 3 aliphatic rings. The van der Waals surface area contributed by atoms with Gasteiger partial charge in [0.25, 0.3) is 0 Å². The zero-order chi connectivity index (χ0) is 25.4. The third kappa shape index (κ3) is 5.76. The predicted octanol–water partition coefficient (Wildman–Crippen LogP) is 7.04. The molecule has 1 amide bonds. The van der Waals surface area contributed by atoms with Crippen LogP contribution in [0.1, 0.15) is 74.9 Å². The highest BCUT2D eigenvalue weighted by Crippen LogP contribution is 2.41. The Kier molecular flexibility index (Phi) is 7.67. The van der Waals surface area contributed by atoms with E-state index in [1.54, 1.807) is 0 Å². The van der Waals surface area contributed by atoms with Crippen LogP contribution in [0.4, 0.5) is 4.79 Å². The Labute approximate surface area is 228 Å². The maximum atomic E-state index is 12.5. The molecule has 0 spiro atoms. The van der Waals surface area contributed by atoms with Crippen molar-refractivity contribution in [1.29, 1.82) is 0 Å². The van der Waals surface area contributed by atoms with Gasteiger partial charge in [0.05, 0.1) is 11.7 Å². The summed E-state index contributed by atoms with van der Waals surface area (Å²) in [5.41, 5.74) is 4.80. The number of amides is 1. The fourth-order valence-corrected chi connectivity index (χ4v) is 6.88. The van der Waals surface area contributed by atoms with Crippen molar-refractivity contribution in [3.63, 3.8) is 0 Å². The van der Waals surface area contributed by atoms with Crippen molar-refractivity contribution < 1.29 is 9.53 Å². The van der Waals surface area contributed by atoms with Crippen molar-refractivity contribution in [1.82, 2.24) is 14.8 Å². The molecule has 0 unspecified atom stereocenters. The fourth-order valence-electron chi connectivity index (χ4n) is 6.31. The van der Waals surface area contributed by atoms with E-state index in [1.807, 2.05) is 37.9 Å². The normalized spacial score (nSPS) is 22.0. The molecule has 0 saturated carbocycles. The Morgan fingerprint density at radius 1 is 1.00 bits per heavy atom. The lowest BCUT2D eigenvalue weighted by Crippen LogP contribution is -2.45. The number of piperidine rings is 2. The molecular weight excluding hydrogens is 538 g/mol. The average Bonchev–Trinajstić information content (AvgIpc) is 2.99. The summed E-state index contributed by atoms with van der Waals surface area (Å²) < 4.78 is 6.63. The third-order valence-corrected chi connectivity index (χ3v) is 8.76. The maximum absolute atomic E-state index is 12.5. The monoisotopic (exact) mass is 573 g/mol. The van der Waals surface area contributed by atoms with Gasteiger partial charge < -0.3 is 9.64 Å². The summed E-state index contributed by atoms with van der Waals surface area (Å²) in [6.45, 7) is 9.55. The van der Waals surface area contributed by atoms with E-state index in [0.717, 1.165) is 67.3 Å². The molecule has 0 radical (unpaired) electrons. The van der Waals surface area contributed by atoms with Gasteiger partial charge in [-0.05, 0) is 135 Å². The number of fused-ring (bicyclic) bond motifs is 2. The highest BCUT2D eigenvalue weighted by molar-refractivity contribution is 9.10. The van der Waals surface area contributed by atoms with Crippen molar-refractivity contribution >= 4 is 33.6 Å². The van der Waals surface area contributed by atoms with Gasteiger partial charge in [0, 0.05) is 28.8 Å². The van der Waals surface area contributed by atoms with Gasteiger partial charge in [0.1, 0.15) is 5.60 Å². The van der Waals surface area contributed by atoms with Crippen molar-refractivity contribution in [2.45, 2.75) is 70.9 Å². The van der Waals surface area contributed by atoms with Crippen LogP contribution in [0.25, 0.3) is 0 Å². The molecule has 2 aliphatic heterocycles. The second-order valence-corrected chi connectivity index (χ2v) is 13.0. The number of likely N-dealkylation sites (tertiary alicyclic amines) is 2. The van der Waals surface area contributed by atoms with Gasteiger partial charge in [-0.3, -0.25) is 9.88 Å². The second kappa shape index (κ2) is 10.6. The molecule has 1 atom stereocenters. The zero-order valence-electron chi connectivity index (χ0n) is 21.6. The van der Waals surface area contributed by atoms with Crippen molar-refractivity contribution in [3.05, 3.63) is 62.3 Å². The number of aryl methyl sites for hydroxylation is 2. The summed E-state index contributed by atoms with van der Waals surface area (Å²) >= 11 is 10.0. The number of ether oxygens (including phenoxy) is 1. The predicted molar refractivity (Wildman–Crippen MR) is 147 cm³/mol. The first-order chi connectivity index (χ1) is 17.2. The maximum Gasteiger partial charge on any atom is 0.410 e. The standard InChI is InChI=1S/C29H37BrClN3O2/c1-29(2,3)36-28(35)34-14-10-20(11-15-34)19-8-12-33(13-9-19)27-25-7-6-24(31)17-21(25)4-5-22-16-23(30)18-32-26(22)27/h6-7,16-20,27H,4-5,8-15H2,1-3H3/t27-/m1/s1. The molecule has 1 aliphatic carbocycles. The van der Waals surface area contributed by atoms with Crippen LogP contribution in [0, 0.1) is 11.8 Å². The Hall–Kier alpha value is -1.63. The minimum Gasteiger partial charge on any atom is -0.444 e. The number of rotatable bonds is 2. The quantitative estimate of drug-likeness (QED) is 0.386. The van der Waals surface area contributed by atoms with Gasteiger partial charge in [-0.25, -0.2) is 4.79 Å². The van der Waals surface area contributed by atoms with Gasteiger partial charge in [-0.2, -0.15) is 0 Å². The van der Waals surface area contributed by atoms with E-state index in [9.17, 15) is 4.79 Å². The van der Waals surface area contributed by atoms with Crippen molar-refractivity contribution in [2.24, 2.45) is 11.8 Å². The number of halogens is 2. The van der Waals surface area contributed by atoms with E-state index in [1.165, 1.54) is 35.2 Å². The minimum absolute atomic E-state index is 0.166. The Morgan fingerprint density at radius 2 is 1.64 bits per heavy atom. The summed E-state index contributed by atoms with van der Waals surface area (Å²) in [4.78, 5) is 21.9. The minimum atomic E-state index is -0.438. The average molecular weight is 575 g/mol. The molecule has 0 N–H and O–H groups in total. The topological polar surface area (TPSA) is 45.7 Å². The number of hydrogen-bond donors (Lipinski definition) is 0. The number of hydrogen-bond acceptors (Lipinski definition) is 4. The number of pyridine rings is 1. The van der Waals surface area contributed by atoms with Crippen LogP contribution < -0.4 is 0 Å². The van der Waals surface area contributed by atoms with Gasteiger partial charge in [-0.1, -0.05) is 17.7 Å². The van der Waals surface area contributed by atoms with Crippen LogP contribution >= 0.6 is 27.5 Å². The summed E-state index contributed by atoms with van der Waals surface area (Å²) in [5, 5.41) is 0.809. The first-order valence-corrected chi connectivity index (χ1v) is 14.5. The van der Waals surface area contributed by atoms with E-state index >= 15 is 0 Å². The summed E-state index contributed by atoms with van der Waals surface area (Å²) in [6.07, 6.45) is 8.30. The highest BCUT2D eigenvalue weighted by atomic mass is 79.9. The summed E-state index contributed by atoms with van der Waals surface area (Å²) in [7, 11) is 0. The van der Waals surface area contributed by atoms with E-state index < -0.39 is 5.60 Å². The van der Waals surface area contributed by atoms with Crippen LogP contribution in [0.15, 0.2) is 34.9 Å². The Balaban J connectivity index is 1.26. The molecule has 0 bridgehead atoms. The Bertz CT molecular complexity index is 1050. The van der Waals surface area contributed by atoms with E-state index in [4.69, 9.17) is 21.3 Å². The molecule has 3 heterocycles. The van der Waals surface area contributed by atoms with E-state index in [-0.39, 0.29) is 12.1 Å². The van der Waals surface area contributed by atoms with Crippen LogP contribution in [-0.4, -0.2) is 52.7 Å². The van der Waals surface area contributed by atoms with Crippen LogP contribution in [-0.2, 0) is 17.6 Å². The highest BCUT2D eigenvalue weighted by Gasteiger charge is 2.36. The molecule has 2 aromatic rings. The lowest BCUT2D eigenvalue weighted by atomic mass is 9.78. The number of benzene rings is 1. The van der Waals surface area contributed by atoms with Crippen molar-refractivity contribution in [3.8, 4) is 0 Å². The van der Waals surface area contributed by atoms with E-state index in [0.29, 0.717) is 5.92 Å². The first-order valence-electron chi connectivity index (χ1n) is 13.3. The molecule has 194 valence electrons. The third-order valence-electron chi connectivity index (χ3n) is 8.09. The lowest BCUT2D eigenvalue weighted by Gasteiger charge is -2.42.